The van der Waals surface area contributed by atoms with Gasteiger partial charge in [0.15, 0.2) is 0 Å². The molecule has 38 heavy (non-hydrogen) atoms. The molecule has 3 aromatic carbocycles. The van der Waals surface area contributed by atoms with Crippen molar-refractivity contribution in [2.75, 3.05) is 13.1 Å². The Hall–Kier alpha value is -4.06. The third kappa shape index (κ3) is 5.44. The van der Waals surface area contributed by atoms with Crippen LogP contribution in [0.25, 0.3) is 0 Å². The number of sulfonamides is 1. The summed E-state index contributed by atoms with van der Waals surface area (Å²) < 4.78 is 34.0. The molecule has 0 fully saturated rings. The number of nitrogens with one attached hydrogen (secondary N) is 1. The highest BCUT2D eigenvalue weighted by atomic mass is 32.2. The van der Waals surface area contributed by atoms with Gasteiger partial charge in [0.25, 0.3) is 17.7 Å². The maximum Gasteiger partial charge on any atom is 0.261 e. The van der Waals surface area contributed by atoms with Crippen molar-refractivity contribution in [1.82, 2.24) is 14.7 Å². The van der Waals surface area contributed by atoms with Crippen molar-refractivity contribution in [2.45, 2.75) is 30.7 Å². The number of carbonyl (C=O) groups excluding carboxylic acids is 3. The third-order valence-corrected chi connectivity index (χ3v) is 8.04. The Labute approximate surface area is 220 Å². The van der Waals surface area contributed by atoms with Crippen LogP contribution in [0.5, 0.6) is 11.5 Å². The van der Waals surface area contributed by atoms with Gasteiger partial charge >= 0.3 is 0 Å². The zero-order chi connectivity index (χ0) is 27.3. The molecular weight excluding hydrogens is 510 g/mol. The molecule has 198 valence electrons. The van der Waals surface area contributed by atoms with E-state index in [0.717, 1.165) is 9.21 Å². The lowest BCUT2D eigenvalue weighted by Crippen LogP contribution is -2.50. The quantitative estimate of drug-likeness (QED) is 0.217. The van der Waals surface area contributed by atoms with Crippen molar-refractivity contribution in [3.8, 4) is 11.5 Å². The maximum absolute atomic E-state index is 13.6. The highest BCUT2D eigenvalue weighted by molar-refractivity contribution is 7.89. The summed E-state index contributed by atoms with van der Waals surface area (Å²) in [6.45, 7) is 1.49. The largest absolute Gasteiger partial charge is 0.457 e. The van der Waals surface area contributed by atoms with Gasteiger partial charge in [0.05, 0.1) is 16.0 Å². The van der Waals surface area contributed by atoms with Crippen molar-refractivity contribution in [2.24, 2.45) is 0 Å². The molecule has 1 aliphatic heterocycles. The molecule has 4 rings (SSSR count). The fourth-order valence-corrected chi connectivity index (χ4v) is 5.99. The van der Waals surface area contributed by atoms with E-state index in [1.165, 1.54) is 41.9 Å². The molecule has 10 nitrogen and oxygen atoms in total. The summed E-state index contributed by atoms with van der Waals surface area (Å²) in [5, 5.41) is 9.39. The zero-order valence-corrected chi connectivity index (χ0v) is 21.4. The van der Waals surface area contributed by atoms with E-state index in [4.69, 9.17) is 4.74 Å². The fourth-order valence-electron chi connectivity index (χ4n) is 4.28. The number of nitrogens with zero attached hydrogens (tertiary/aromatic N) is 2. The molecule has 0 bridgehead atoms. The number of fused-ring (bicyclic) bond motifs is 1. The molecule has 0 radical (unpaired) electrons. The third-order valence-electron chi connectivity index (χ3n) is 6.12. The first kappa shape index (κ1) is 27.0. The van der Waals surface area contributed by atoms with Crippen LogP contribution in [-0.4, -0.2) is 59.7 Å². The lowest BCUT2D eigenvalue weighted by Gasteiger charge is -2.30. The first-order valence-corrected chi connectivity index (χ1v) is 13.5. The Morgan fingerprint density at radius 2 is 1.47 bits per heavy atom. The Morgan fingerprint density at radius 3 is 2.03 bits per heavy atom. The monoisotopic (exact) mass is 537 g/mol. The van der Waals surface area contributed by atoms with E-state index in [1.807, 2.05) is 18.2 Å². The standard InChI is InChI=1S/C27H27N3O7S/c1-2-17-30(38(35,36)21-14-12-20(13-15-21)37-19-8-4-3-5-9-19)24(25(31)28-34)16-18-29-26(32)22-10-6-7-11-23(22)27(29)33/h3-15,24,34H,2,16-18H2,1H3,(H,28,31). The first-order valence-electron chi connectivity index (χ1n) is 12.0. The van der Waals surface area contributed by atoms with E-state index in [-0.39, 0.29) is 35.5 Å². The van der Waals surface area contributed by atoms with Gasteiger partial charge in [0.2, 0.25) is 10.0 Å². The number of ether oxygens (including phenoxy) is 1. The van der Waals surface area contributed by atoms with Gasteiger partial charge in [0.1, 0.15) is 17.5 Å². The van der Waals surface area contributed by atoms with E-state index >= 15 is 0 Å². The Kier molecular flexibility index (Phi) is 8.20. The average molecular weight is 538 g/mol. The molecule has 1 atom stereocenters. The van der Waals surface area contributed by atoms with Gasteiger partial charge in [-0.15, -0.1) is 0 Å². The number of amides is 3. The van der Waals surface area contributed by atoms with Gasteiger partial charge < -0.3 is 4.74 Å². The Morgan fingerprint density at radius 1 is 0.921 bits per heavy atom. The van der Waals surface area contributed by atoms with E-state index in [0.29, 0.717) is 17.9 Å². The molecule has 2 N–H and O–H groups in total. The second-order valence-electron chi connectivity index (χ2n) is 8.59. The second-order valence-corrected chi connectivity index (χ2v) is 10.5. The van der Waals surface area contributed by atoms with Crippen molar-refractivity contribution in [1.29, 1.82) is 0 Å². The van der Waals surface area contributed by atoms with Crippen LogP contribution in [0.4, 0.5) is 0 Å². The van der Waals surface area contributed by atoms with Crippen LogP contribution in [0.3, 0.4) is 0 Å². The molecule has 1 unspecified atom stereocenters. The predicted molar refractivity (Wildman–Crippen MR) is 137 cm³/mol. The number of carbonyl (C=O) groups is 3. The lowest BCUT2D eigenvalue weighted by atomic mass is 10.1. The number of imide groups is 1. The molecule has 1 heterocycles. The van der Waals surface area contributed by atoms with Crippen LogP contribution in [0.1, 0.15) is 40.5 Å². The van der Waals surface area contributed by atoms with Crippen LogP contribution >= 0.6 is 0 Å². The Bertz CT molecular complexity index is 1390. The number of para-hydroxylation sites is 1. The molecule has 0 aliphatic carbocycles. The minimum absolute atomic E-state index is 0.0369. The molecule has 3 amide bonds. The minimum atomic E-state index is -4.22. The topological polar surface area (TPSA) is 133 Å². The molecule has 0 saturated carbocycles. The molecular formula is C27H27N3O7S. The van der Waals surface area contributed by atoms with E-state index in [1.54, 1.807) is 31.2 Å². The average Bonchev–Trinajstić information content (AvgIpc) is 3.18. The van der Waals surface area contributed by atoms with Crippen molar-refractivity contribution < 1.29 is 32.7 Å². The summed E-state index contributed by atoms with van der Waals surface area (Å²) in [5.41, 5.74) is 2.02. The number of hydroxylamine groups is 1. The maximum atomic E-state index is 13.6. The summed E-state index contributed by atoms with van der Waals surface area (Å²) in [6, 6.07) is 19.7. The normalized spacial score (nSPS) is 13.9. The fraction of sp³-hybridized carbons (Fsp3) is 0.222. The molecule has 11 heteroatoms. The van der Waals surface area contributed by atoms with Gasteiger partial charge in [-0.3, -0.25) is 24.5 Å². The highest BCUT2D eigenvalue weighted by Crippen LogP contribution is 2.27. The molecule has 0 aromatic heterocycles. The van der Waals surface area contributed by atoms with Crippen LogP contribution in [0.2, 0.25) is 0 Å². The molecule has 1 aliphatic rings. The van der Waals surface area contributed by atoms with Crippen molar-refractivity contribution >= 4 is 27.7 Å². The first-order chi connectivity index (χ1) is 18.3. The van der Waals surface area contributed by atoms with Gasteiger partial charge in [0, 0.05) is 13.1 Å². The van der Waals surface area contributed by atoms with Crippen molar-refractivity contribution in [3.63, 3.8) is 0 Å². The zero-order valence-electron chi connectivity index (χ0n) is 20.6. The van der Waals surface area contributed by atoms with Crippen LogP contribution in [0.15, 0.2) is 83.8 Å². The smallest absolute Gasteiger partial charge is 0.261 e. The summed E-state index contributed by atoms with van der Waals surface area (Å²) in [7, 11) is -4.22. The highest BCUT2D eigenvalue weighted by Gasteiger charge is 2.39. The van der Waals surface area contributed by atoms with E-state index < -0.39 is 33.8 Å². The summed E-state index contributed by atoms with van der Waals surface area (Å²) in [6.07, 6.45) is 0.156. The van der Waals surface area contributed by atoms with Crippen molar-refractivity contribution in [3.05, 3.63) is 90.0 Å². The van der Waals surface area contributed by atoms with Crippen LogP contribution in [0, 0.1) is 0 Å². The summed E-state index contributed by atoms with van der Waals surface area (Å²) >= 11 is 0. The Balaban J connectivity index is 1.56. The second kappa shape index (κ2) is 11.5. The number of benzene rings is 3. The van der Waals surface area contributed by atoms with Gasteiger partial charge in [-0.25, -0.2) is 13.9 Å². The van der Waals surface area contributed by atoms with Gasteiger partial charge in [-0.2, -0.15) is 4.31 Å². The number of hydrogen-bond donors (Lipinski definition) is 2. The molecule has 0 spiro atoms. The minimum Gasteiger partial charge on any atom is -0.457 e. The van der Waals surface area contributed by atoms with E-state index in [2.05, 4.69) is 0 Å². The van der Waals surface area contributed by atoms with Crippen LogP contribution < -0.4 is 10.2 Å². The van der Waals surface area contributed by atoms with E-state index in [9.17, 15) is 28.0 Å². The van der Waals surface area contributed by atoms with Gasteiger partial charge in [-0.05, 0) is 61.4 Å². The van der Waals surface area contributed by atoms with Gasteiger partial charge in [-0.1, -0.05) is 37.3 Å². The summed E-state index contributed by atoms with van der Waals surface area (Å²) in [4.78, 5) is 39.1. The molecule has 3 aromatic rings. The number of hydrogen-bond acceptors (Lipinski definition) is 7. The molecule has 0 saturated heterocycles. The van der Waals surface area contributed by atoms with Crippen LogP contribution in [-0.2, 0) is 14.8 Å². The predicted octanol–water partition coefficient (Wildman–Crippen LogP) is 3.44. The SMILES string of the molecule is CCCN(C(CCN1C(=O)c2ccccc2C1=O)C(=O)NO)S(=O)(=O)c1ccc(Oc2ccccc2)cc1. The summed E-state index contributed by atoms with van der Waals surface area (Å²) in [5.74, 6) is -1.00. The number of rotatable bonds is 11. The lowest BCUT2D eigenvalue weighted by molar-refractivity contribution is -0.133.